The fourth-order valence-corrected chi connectivity index (χ4v) is 3.80. The lowest BCUT2D eigenvalue weighted by molar-refractivity contribution is -0.120. The molecule has 2 fully saturated rings. The second-order valence-electron chi connectivity index (χ2n) is 8.37. The van der Waals surface area contributed by atoms with E-state index in [2.05, 4.69) is 27.7 Å². The lowest BCUT2D eigenvalue weighted by Crippen LogP contribution is -2.51. The first-order chi connectivity index (χ1) is 15.4. The lowest BCUT2D eigenvalue weighted by Gasteiger charge is -2.41. The van der Waals surface area contributed by atoms with E-state index in [-0.39, 0.29) is 29.7 Å². The quantitative estimate of drug-likeness (QED) is 0.274. The maximum absolute atomic E-state index is 11.9. The highest BCUT2D eigenvalue weighted by Gasteiger charge is 2.35. The number of amides is 2. The molecule has 1 aliphatic carbocycles. The summed E-state index contributed by atoms with van der Waals surface area (Å²) in [5, 5.41) is 32.3. The third kappa shape index (κ3) is 5.71. The number of nitrogens with two attached hydrogens (primary N) is 1. The number of primary amides is 1. The minimum Gasteiger partial charge on any atom is -0.384 e. The Bertz CT molecular complexity index is 1010. The summed E-state index contributed by atoms with van der Waals surface area (Å²) >= 11 is 0. The van der Waals surface area contributed by atoms with Crippen molar-refractivity contribution in [2.24, 2.45) is 11.7 Å². The van der Waals surface area contributed by atoms with Gasteiger partial charge < -0.3 is 16.4 Å². The molecule has 0 bridgehead atoms. The lowest BCUT2D eigenvalue weighted by atomic mass is 9.84. The van der Waals surface area contributed by atoms with Gasteiger partial charge in [0.05, 0.1) is 35.2 Å². The second kappa shape index (κ2) is 10.1. The van der Waals surface area contributed by atoms with E-state index in [1.165, 1.54) is 6.20 Å². The standard InChI is InChI=1S/C23H27N7O2/c24-10-7-23(28-14-19(21(27)31)20(26)29-22(32)16-5-6-16)8-11-30(12-9-23)15-18-4-2-1-3-17(18)13-25/h1-4,14,16,28H,5-9,11-12,15H2,(H2,27,31)(H2,26,29,32)/b19-14+. The molecule has 166 valence electrons. The van der Waals surface area contributed by atoms with Crippen LogP contribution in [0.1, 0.15) is 43.2 Å². The largest absolute Gasteiger partial charge is 0.384 e. The van der Waals surface area contributed by atoms with Crippen LogP contribution in [0.4, 0.5) is 0 Å². The average molecular weight is 434 g/mol. The summed E-state index contributed by atoms with van der Waals surface area (Å²) in [5.74, 6) is -1.53. The predicted molar refractivity (Wildman–Crippen MR) is 118 cm³/mol. The monoisotopic (exact) mass is 433 g/mol. The Morgan fingerprint density at radius 3 is 2.53 bits per heavy atom. The third-order valence-electron chi connectivity index (χ3n) is 6.02. The van der Waals surface area contributed by atoms with Gasteiger partial charge in [-0.25, -0.2) is 0 Å². The van der Waals surface area contributed by atoms with E-state index in [9.17, 15) is 20.1 Å². The van der Waals surface area contributed by atoms with Crippen LogP contribution in [-0.4, -0.2) is 41.2 Å². The van der Waals surface area contributed by atoms with Gasteiger partial charge in [0.2, 0.25) is 5.91 Å². The van der Waals surface area contributed by atoms with Crippen molar-refractivity contribution in [1.29, 1.82) is 15.9 Å². The molecule has 3 rings (SSSR count). The summed E-state index contributed by atoms with van der Waals surface area (Å²) in [5.41, 5.74) is 6.36. The molecule has 1 saturated heterocycles. The molecule has 9 nitrogen and oxygen atoms in total. The molecule has 0 radical (unpaired) electrons. The van der Waals surface area contributed by atoms with Crippen molar-refractivity contribution in [3.05, 3.63) is 47.2 Å². The van der Waals surface area contributed by atoms with Crippen molar-refractivity contribution in [2.45, 2.75) is 44.2 Å². The third-order valence-corrected chi connectivity index (χ3v) is 6.02. The van der Waals surface area contributed by atoms with E-state index in [4.69, 9.17) is 11.1 Å². The van der Waals surface area contributed by atoms with Crippen LogP contribution in [0.15, 0.2) is 36.0 Å². The topological polar surface area (TPSA) is 159 Å². The van der Waals surface area contributed by atoms with Crippen LogP contribution in [0.25, 0.3) is 0 Å². The van der Waals surface area contributed by atoms with Gasteiger partial charge in [-0.1, -0.05) is 18.2 Å². The van der Waals surface area contributed by atoms with Gasteiger partial charge in [0, 0.05) is 31.8 Å². The summed E-state index contributed by atoms with van der Waals surface area (Å²) in [4.78, 5) is 26.0. The van der Waals surface area contributed by atoms with Crippen molar-refractivity contribution in [3.8, 4) is 12.1 Å². The summed E-state index contributed by atoms with van der Waals surface area (Å²) in [6.07, 6.45) is 4.43. The first-order valence-electron chi connectivity index (χ1n) is 10.6. The van der Waals surface area contributed by atoms with Crippen LogP contribution >= 0.6 is 0 Å². The average Bonchev–Trinajstić information content (AvgIpc) is 3.61. The molecule has 2 amide bonds. The highest BCUT2D eigenvalue weighted by atomic mass is 16.2. The van der Waals surface area contributed by atoms with Gasteiger partial charge in [0.1, 0.15) is 5.84 Å². The molecule has 0 aromatic heterocycles. The molecule has 1 aliphatic heterocycles. The first-order valence-corrected chi connectivity index (χ1v) is 10.6. The van der Waals surface area contributed by atoms with Gasteiger partial charge in [0.25, 0.3) is 5.91 Å². The number of rotatable bonds is 8. The van der Waals surface area contributed by atoms with Gasteiger partial charge in [-0.3, -0.25) is 19.9 Å². The molecule has 0 spiro atoms. The SMILES string of the molecule is N#CCC1(N/C=C(\C(=N)NC(=O)C2CC2)C(N)=O)CCN(Cc2ccccc2C#N)CC1. The van der Waals surface area contributed by atoms with Crippen LogP contribution in [0.5, 0.6) is 0 Å². The zero-order valence-electron chi connectivity index (χ0n) is 17.9. The number of hydrogen-bond donors (Lipinski definition) is 4. The van der Waals surface area contributed by atoms with Crippen molar-refractivity contribution >= 4 is 17.6 Å². The number of nitriles is 2. The van der Waals surface area contributed by atoms with Gasteiger partial charge >= 0.3 is 0 Å². The van der Waals surface area contributed by atoms with Crippen LogP contribution in [0.2, 0.25) is 0 Å². The number of amidine groups is 1. The van der Waals surface area contributed by atoms with Crippen LogP contribution < -0.4 is 16.4 Å². The molecular weight excluding hydrogens is 406 g/mol. The number of piperidine rings is 1. The van der Waals surface area contributed by atoms with Crippen molar-refractivity contribution < 1.29 is 9.59 Å². The molecule has 1 aromatic carbocycles. The molecule has 0 unspecified atom stereocenters. The molecule has 1 heterocycles. The minimum absolute atomic E-state index is 0.0992. The van der Waals surface area contributed by atoms with Crippen molar-refractivity contribution in [1.82, 2.24) is 15.5 Å². The fourth-order valence-electron chi connectivity index (χ4n) is 3.80. The Labute approximate surface area is 187 Å². The molecule has 5 N–H and O–H groups in total. The van der Waals surface area contributed by atoms with E-state index in [1.807, 2.05) is 18.2 Å². The van der Waals surface area contributed by atoms with Gasteiger partial charge in [0.15, 0.2) is 0 Å². The Morgan fingerprint density at radius 2 is 1.94 bits per heavy atom. The number of hydrogen-bond acceptors (Lipinski definition) is 7. The number of benzene rings is 1. The molecule has 1 aromatic rings. The summed E-state index contributed by atoms with van der Waals surface area (Å²) in [7, 11) is 0. The number of nitrogens with zero attached hydrogens (tertiary/aromatic N) is 3. The van der Waals surface area contributed by atoms with Crippen LogP contribution in [0, 0.1) is 34.0 Å². The molecule has 32 heavy (non-hydrogen) atoms. The Hall–Kier alpha value is -3.69. The van der Waals surface area contributed by atoms with E-state index < -0.39 is 11.4 Å². The van der Waals surface area contributed by atoms with Crippen molar-refractivity contribution in [3.63, 3.8) is 0 Å². The smallest absolute Gasteiger partial charge is 0.253 e. The maximum atomic E-state index is 11.9. The molecule has 2 aliphatic rings. The predicted octanol–water partition coefficient (Wildman–Crippen LogP) is 1.27. The Balaban J connectivity index is 1.65. The zero-order chi connectivity index (χ0) is 23.1. The van der Waals surface area contributed by atoms with E-state index >= 15 is 0 Å². The summed E-state index contributed by atoms with van der Waals surface area (Å²) < 4.78 is 0. The zero-order valence-corrected chi connectivity index (χ0v) is 17.9. The summed E-state index contributed by atoms with van der Waals surface area (Å²) in [6.45, 7) is 2.04. The summed E-state index contributed by atoms with van der Waals surface area (Å²) in [6, 6.07) is 11.9. The number of nitrogens with one attached hydrogen (secondary N) is 3. The highest BCUT2D eigenvalue weighted by Crippen LogP contribution is 2.29. The van der Waals surface area contributed by atoms with Crippen LogP contribution in [0.3, 0.4) is 0 Å². The van der Waals surface area contributed by atoms with Gasteiger partial charge in [-0.2, -0.15) is 10.5 Å². The normalized spacial score (nSPS) is 18.1. The van der Waals surface area contributed by atoms with Crippen LogP contribution in [-0.2, 0) is 16.1 Å². The molecule has 0 atom stereocenters. The van der Waals surface area contributed by atoms with E-state index in [0.717, 1.165) is 18.4 Å². The number of carbonyl (C=O) groups is 2. The minimum atomic E-state index is -0.823. The van der Waals surface area contributed by atoms with Gasteiger partial charge in [-0.05, 0) is 37.3 Å². The van der Waals surface area contributed by atoms with E-state index in [1.54, 1.807) is 6.07 Å². The second-order valence-corrected chi connectivity index (χ2v) is 8.37. The Kier molecular flexibility index (Phi) is 7.24. The highest BCUT2D eigenvalue weighted by molar-refractivity contribution is 6.22. The van der Waals surface area contributed by atoms with Gasteiger partial charge in [-0.15, -0.1) is 0 Å². The molecule has 9 heteroatoms. The number of carbonyl (C=O) groups excluding carboxylic acids is 2. The fraction of sp³-hybridized carbons (Fsp3) is 0.435. The Morgan fingerprint density at radius 1 is 1.25 bits per heavy atom. The maximum Gasteiger partial charge on any atom is 0.253 e. The molecule has 1 saturated carbocycles. The number of likely N-dealkylation sites (tertiary alicyclic amines) is 1. The first kappa shape index (κ1) is 23.0. The van der Waals surface area contributed by atoms with E-state index in [0.29, 0.717) is 38.0 Å². The van der Waals surface area contributed by atoms with Crippen molar-refractivity contribution in [2.75, 3.05) is 13.1 Å². The molecular formula is C23H27N7O2.